The van der Waals surface area contributed by atoms with Crippen LogP contribution in [-0.4, -0.2) is 19.6 Å². The van der Waals surface area contributed by atoms with Crippen LogP contribution in [0.4, 0.5) is 5.69 Å². The van der Waals surface area contributed by atoms with E-state index in [1.165, 1.54) is 31.2 Å². The molecule has 1 fully saturated rings. The minimum atomic E-state index is 0.506. The van der Waals surface area contributed by atoms with Gasteiger partial charge in [-0.1, -0.05) is 31.5 Å². The molecule has 0 saturated heterocycles. The number of hydrogen-bond acceptors (Lipinski definition) is 2. The fraction of sp³-hybridized carbons (Fsp3) is 0.647. The van der Waals surface area contributed by atoms with Crippen LogP contribution in [0.15, 0.2) is 18.2 Å². The van der Waals surface area contributed by atoms with Gasteiger partial charge in [0.1, 0.15) is 0 Å². The first kappa shape index (κ1) is 15.7. The number of anilines is 1. The van der Waals surface area contributed by atoms with Crippen molar-refractivity contribution in [1.29, 1.82) is 0 Å². The van der Waals surface area contributed by atoms with Crippen molar-refractivity contribution < 1.29 is 0 Å². The molecule has 0 bridgehead atoms. The average Bonchev–Trinajstić information content (AvgIpc) is 2.38. The maximum absolute atomic E-state index is 6.45. The molecular formula is C17H27ClN2. The molecule has 2 N–H and O–H groups in total. The lowest BCUT2D eigenvalue weighted by molar-refractivity contribution is 0.222. The van der Waals surface area contributed by atoms with Gasteiger partial charge in [-0.05, 0) is 61.8 Å². The molecule has 0 aliphatic heterocycles. The molecule has 20 heavy (non-hydrogen) atoms. The molecule has 1 saturated carbocycles. The molecule has 0 aromatic heterocycles. The van der Waals surface area contributed by atoms with Gasteiger partial charge >= 0.3 is 0 Å². The van der Waals surface area contributed by atoms with Gasteiger partial charge in [-0.2, -0.15) is 0 Å². The Morgan fingerprint density at radius 1 is 1.30 bits per heavy atom. The van der Waals surface area contributed by atoms with E-state index in [-0.39, 0.29) is 0 Å². The third kappa shape index (κ3) is 3.67. The first-order valence-corrected chi connectivity index (χ1v) is 8.02. The third-order valence-corrected chi connectivity index (χ3v) is 4.98. The van der Waals surface area contributed by atoms with Gasteiger partial charge in [-0.15, -0.1) is 0 Å². The number of nitrogens with two attached hydrogens (primary N) is 1. The number of hydrogen-bond donors (Lipinski definition) is 1. The molecule has 0 radical (unpaired) electrons. The van der Waals surface area contributed by atoms with E-state index in [1.54, 1.807) is 0 Å². The molecule has 0 unspecified atom stereocenters. The summed E-state index contributed by atoms with van der Waals surface area (Å²) in [7, 11) is 2.17. The Morgan fingerprint density at radius 2 is 1.95 bits per heavy atom. The fourth-order valence-corrected chi connectivity index (χ4v) is 3.46. The zero-order chi connectivity index (χ0) is 14.8. The van der Waals surface area contributed by atoms with Crippen LogP contribution in [0.3, 0.4) is 0 Å². The van der Waals surface area contributed by atoms with Gasteiger partial charge in [0.05, 0.1) is 10.7 Å². The van der Waals surface area contributed by atoms with Crippen LogP contribution in [0.2, 0.25) is 5.02 Å². The van der Waals surface area contributed by atoms with Gasteiger partial charge in [0.2, 0.25) is 0 Å². The van der Waals surface area contributed by atoms with E-state index in [1.807, 2.05) is 0 Å². The second kappa shape index (κ2) is 6.36. The fourth-order valence-electron chi connectivity index (χ4n) is 3.13. The van der Waals surface area contributed by atoms with E-state index in [4.69, 9.17) is 17.3 Å². The monoisotopic (exact) mass is 294 g/mol. The molecule has 1 aliphatic rings. The van der Waals surface area contributed by atoms with Crippen molar-refractivity contribution in [3.8, 4) is 0 Å². The Bertz CT molecular complexity index is 446. The van der Waals surface area contributed by atoms with Gasteiger partial charge in [0.25, 0.3) is 0 Å². The smallest absolute Gasteiger partial charge is 0.0642 e. The predicted molar refractivity (Wildman–Crippen MR) is 88.7 cm³/mol. The number of halogens is 1. The summed E-state index contributed by atoms with van der Waals surface area (Å²) in [5.41, 5.74) is 8.48. The Hall–Kier alpha value is -0.730. The summed E-state index contributed by atoms with van der Waals surface area (Å²) in [4.78, 5) is 2.36. The largest absolute Gasteiger partial charge is 0.370 e. The highest BCUT2D eigenvalue weighted by Gasteiger charge is 2.29. The minimum Gasteiger partial charge on any atom is -0.370 e. The van der Waals surface area contributed by atoms with Crippen molar-refractivity contribution in [3.63, 3.8) is 0 Å². The van der Waals surface area contributed by atoms with Gasteiger partial charge in [-0.25, -0.2) is 0 Å². The predicted octanol–water partition coefficient (Wildman–Crippen LogP) is 4.25. The van der Waals surface area contributed by atoms with E-state index in [2.05, 4.69) is 44.0 Å². The summed E-state index contributed by atoms with van der Waals surface area (Å²) in [6, 6.07) is 6.97. The van der Waals surface area contributed by atoms with Crippen LogP contribution < -0.4 is 10.6 Å². The van der Waals surface area contributed by atoms with Crippen molar-refractivity contribution in [2.45, 2.75) is 52.0 Å². The van der Waals surface area contributed by atoms with Crippen molar-refractivity contribution in [1.82, 2.24) is 0 Å². The molecule has 0 atom stereocenters. The summed E-state index contributed by atoms with van der Waals surface area (Å²) in [5, 5.41) is 0.850. The SMILES string of the molecule is CN(c1ccc(CCN)cc1Cl)C1CCC(C)(C)CC1. The minimum absolute atomic E-state index is 0.506. The molecular weight excluding hydrogens is 268 g/mol. The Labute approximate surface area is 128 Å². The van der Waals surface area contributed by atoms with Crippen LogP contribution in [0.25, 0.3) is 0 Å². The highest BCUT2D eigenvalue weighted by Crippen LogP contribution is 2.39. The van der Waals surface area contributed by atoms with Gasteiger partial charge in [0, 0.05) is 13.1 Å². The maximum atomic E-state index is 6.45. The number of rotatable bonds is 4. The van der Waals surface area contributed by atoms with Gasteiger partial charge in [0.15, 0.2) is 0 Å². The summed E-state index contributed by atoms with van der Waals surface area (Å²) < 4.78 is 0. The first-order chi connectivity index (χ1) is 9.43. The summed E-state index contributed by atoms with van der Waals surface area (Å²) in [6.45, 7) is 5.42. The Balaban J connectivity index is 2.07. The van der Waals surface area contributed by atoms with Crippen LogP contribution in [0.5, 0.6) is 0 Å². The molecule has 1 aliphatic carbocycles. The summed E-state index contributed by atoms with van der Waals surface area (Å²) in [5.74, 6) is 0. The number of nitrogens with zero attached hydrogens (tertiary/aromatic N) is 1. The summed E-state index contributed by atoms with van der Waals surface area (Å²) >= 11 is 6.45. The molecule has 112 valence electrons. The second-order valence-corrected chi connectivity index (χ2v) is 7.24. The lowest BCUT2D eigenvalue weighted by atomic mass is 9.75. The van der Waals surface area contributed by atoms with Crippen molar-refractivity contribution in [2.75, 3.05) is 18.5 Å². The highest BCUT2D eigenvalue weighted by molar-refractivity contribution is 6.33. The molecule has 3 heteroatoms. The second-order valence-electron chi connectivity index (χ2n) is 6.83. The molecule has 2 rings (SSSR count). The average molecular weight is 295 g/mol. The van der Waals surface area contributed by atoms with E-state index in [9.17, 15) is 0 Å². The lowest BCUT2D eigenvalue weighted by Crippen LogP contribution is -2.37. The van der Waals surface area contributed by atoms with Gasteiger partial charge < -0.3 is 10.6 Å². The zero-order valence-electron chi connectivity index (χ0n) is 13.0. The van der Waals surface area contributed by atoms with E-state index in [0.717, 1.165) is 17.1 Å². The van der Waals surface area contributed by atoms with Gasteiger partial charge in [-0.3, -0.25) is 0 Å². The Morgan fingerprint density at radius 3 is 2.50 bits per heavy atom. The standard InChI is InChI=1S/C17H27ClN2/c1-17(2)9-6-14(7-10-17)20(3)16-5-4-13(8-11-19)12-15(16)18/h4-5,12,14H,6-11,19H2,1-3H3. The van der Waals surface area contributed by atoms with Crippen molar-refractivity contribution in [2.24, 2.45) is 11.1 Å². The third-order valence-electron chi connectivity index (χ3n) is 4.68. The zero-order valence-corrected chi connectivity index (χ0v) is 13.7. The van der Waals surface area contributed by atoms with E-state index >= 15 is 0 Å². The normalized spacial score (nSPS) is 19.1. The summed E-state index contributed by atoms with van der Waals surface area (Å²) in [6.07, 6.45) is 5.99. The number of benzene rings is 1. The molecule has 2 nitrogen and oxygen atoms in total. The van der Waals surface area contributed by atoms with Crippen LogP contribution in [-0.2, 0) is 6.42 Å². The van der Waals surface area contributed by atoms with E-state index < -0.39 is 0 Å². The molecule has 0 spiro atoms. The highest BCUT2D eigenvalue weighted by atomic mass is 35.5. The van der Waals surface area contributed by atoms with Crippen LogP contribution in [0, 0.1) is 5.41 Å². The molecule has 1 aromatic carbocycles. The van der Waals surface area contributed by atoms with Crippen molar-refractivity contribution in [3.05, 3.63) is 28.8 Å². The Kier molecular flexibility index (Phi) is 4.98. The molecule has 0 amide bonds. The van der Waals surface area contributed by atoms with E-state index in [0.29, 0.717) is 18.0 Å². The first-order valence-electron chi connectivity index (χ1n) is 7.64. The van der Waals surface area contributed by atoms with Crippen LogP contribution in [0.1, 0.15) is 45.1 Å². The molecule has 1 aromatic rings. The lowest BCUT2D eigenvalue weighted by Gasteiger charge is -2.39. The maximum Gasteiger partial charge on any atom is 0.0642 e. The van der Waals surface area contributed by atoms with Crippen molar-refractivity contribution >= 4 is 17.3 Å². The topological polar surface area (TPSA) is 29.3 Å². The molecule has 0 heterocycles. The quantitative estimate of drug-likeness (QED) is 0.899. The van der Waals surface area contributed by atoms with Crippen LogP contribution >= 0.6 is 11.6 Å².